The van der Waals surface area contributed by atoms with Crippen molar-refractivity contribution >= 4 is 35.6 Å². The summed E-state index contributed by atoms with van der Waals surface area (Å²) < 4.78 is 10.9. The maximum absolute atomic E-state index is 13.9. The minimum atomic E-state index is -0.674. The smallest absolute Gasteiger partial charge is 0.410 e. The van der Waals surface area contributed by atoms with Gasteiger partial charge in [-0.05, 0) is 90.0 Å². The molecule has 0 spiro atoms. The predicted octanol–water partition coefficient (Wildman–Crippen LogP) is 5.01. The molecule has 2 fully saturated rings. The zero-order chi connectivity index (χ0) is 30.5. The Labute approximate surface area is 248 Å². The summed E-state index contributed by atoms with van der Waals surface area (Å²) in [5.74, 6) is -0.467. The number of nitrogens with one attached hydrogen (secondary N) is 2. The number of hydrogen-bond donors (Lipinski definition) is 2. The number of nitrogens with zero attached hydrogens (tertiary/aromatic N) is 2. The topological polar surface area (TPSA) is 117 Å². The van der Waals surface area contributed by atoms with Crippen LogP contribution < -0.4 is 10.6 Å². The lowest BCUT2D eigenvalue weighted by molar-refractivity contribution is -0.142. The van der Waals surface area contributed by atoms with Crippen molar-refractivity contribution in [3.05, 3.63) is 34.3 Å². The van der Waals surface area contributed by atoms with Gasteiger partial charge in [0, 0.05) is 31.2 Å². The highest BCUT2D eigenvalue weighted by molar-refractivity contribution is 6.30. The summed E-state index contributed by atoms with van der Waals surface area (Å²) in [5.41, 5.74) is 0.234. The lowest BCUT2D eigenvalue weighted by atomic mass is 9.96. The Morgan fingerprint density at radius 1 is 0.902 bits per heavy atom. The first-order valence-electron chi connectivity index (χ1n) is 14.4. The van der Waals surface area contributed by atoms with Gasteiger partial charge in [-0.3, -0.25) is 14.5 Å². The van der Waals surface area contributed by atoms with Crippen LogP contribution in [0.1, 0.15) is 85.3 Å². The molecule has 3 atom stereocenters. The fourth-order valence-corrected chi connectivity index (χ4v) is 5.52. The molecule has 0 radical (unpaired) electrons. The molecule has 1 aromatic carbocycles. The van der Waals surface area contributed by atoms with Gasteiger partial charge in [0.2, 0.25) is 11.8 Å². The highest BCUT2D eigenvalue weighted by Gasteiger charge is 2.47. The summed E-state index contributed by atoms with van der Waals surface area (Å²) >= 11 is 6.23. The molecule has 3 rings (SSSR count). The largest absolute Gasteiger partial charge is 0.444 e. The van der Waals surface area contributed by atoms with Crippen molar-refractivity contribution in [1.82, 2.24) is 20.4 Å². The lowest BCUT2D eigenvalue weighted by Crippen LogP contribution is -2.54. The molecule has 0 bridgehead atoms. The van der Waals surface area contributed by atoms with Crippen LogP contribution in [-0.2, 0) is 32.2 Å². The van der Waals surface area contributed by atoms with Crippen LogP contribution in [0.25, 0.3) is 0 Å². The lowest BCUT2D eigenvalue weighted by Gasteiger charge is -2.34. The van der Waals surface area contributed by atoms with E-state index in [9.17, 15) is 19.2 Å². The van der Waals surface area contributed by atoms with Crippen LogP contribution in [-0.4, -0.2) is 70.2 Å². The number of carbonyl (C=O) groups is 4. The van der Waals surface area contributed by atoms with Crippen molar-refractivity contribution in [3.63, 3.8) is 0 Å². The third-order valence-electron chi connectivity index (χ3n) is 7.21. The Morgan fingerprint density at radius 3 is 2.20 bits per heavy atom. The van der Waals surface area contributed by atoms with Crippen LogP contribution in [0.5, 0.6) is 0 Å². The van der Waals surface area contributed by atoms with Gasteiger partial charge in [0.1, 0.15) is 23.3 Å². The highest BCUT2D eigenvalue weighted by atomic mass is 35.5. The molecule has 1 aromatic rings. The average molecular weight is 593 g/mol. The molecule has 2 aliphatic heterocycles. The summed E-state index contributed by atoms with van der Waals surface area (Å²) in [7, 11) is 0. The van der Waals surface area contributed by atoms with E-state index in [4.69, 9.17) is 21.1 Å². The van der Waals surface area contributed by atoms with Gasteiger partial charge in [0.15, 0.2) is 0 Å². The molecular weight excluding hydrogens is 548 g/mol. The summed E-state index contributed by atoms with van der Waals surface area (Å²) in [4.78, 5) is 55.5. The number of hydrogen-bond acceptors (Lipinski definition) is 6. The van der Waals surface area contributed by atoms with Gasteiger partial charge in [-0.15, -0.1) is 0 Å². The maximum atomic E-state index is 13.9. The monoisotopic (exact) mass is 592 g/mol. The second-order valence-electron chi connectivity index (χ2n) is 12.8. The number of ether oxygens (including phenoxy) is 2. The standard InChI is InChI=1S/C30H45ClN4O6/c1-8-19-13-15-35(28(39)41-30(5,6)7)24(19)26(37)34-14-9-10-23(34)25(36)32-18-21-16-22(31)12-11-20(21)17-33-27(38)40-29(2,3)4/h11-12,16,19,23-24H,8-10,13-15,17-18H2,1-7H3,(H,32,36)(H,33,38)/t19?,23-,24?/m0/s1. The molecule has 4 amide bonds. The Balaban J connectivity index is 1.68. The van der Waals surface area contributed by atoms with Crippen molar-refractivity contribution in [2.24, 2.45) is 5.92 Å². The first-order chi connectivity index (χ1) is 19.1. The molecule has 2 aliphatic rings. The highest BCUT2D eigenvalue weighted by Crippen LogP contribution is 2.32. The molecular formula is C30H45ClN4O6. The predicted molar refractivity (Wildman–Crippen MR) is 156 cm³/mol. The van der Waals surface area contributed by atoms with Crippen LogP contribution in [0.15, 0.2) is 18.2 Å². The molecule has 2 N–H and O–H groups in total. The molecule has 41 heavy (non-hydrogen) atoms. The van der Waals surface area contributed by atoms with Crippen LogP contribution in [0.3, 0.4) is 0 Å². The minimum absolute atomic E-state index is 0.00539. The Kier molecular flexibility index (Phi) is 10.6. The number of likely N-dealkylation sites (tertiary alicyclic amines) is 2. The molecule has 0 saturated carbocycles. The summed E-state index contributed by atoms with van der Waals surface area (Å²) in [6.45, 7) is 14.1. The van der Waals surface area contributed by atoms with Crippen molar-refractivity contribution < 1.29 is 28.7 Å². The van der Waals surface area contributed by atoms with E-state index >= 15 is 0 Å². The molecule has 2 unspecified atom stereocenters. The van der Waals surface area contributed by atoms with Crippen molar-refractivity contribution in [3.8, 4) is 0 Å². The molecule has 0 aromatic heterocycles. The Morgan fingerprint density at radius 2 is 1.56 bits per heavy atom. The molecule has 2 heterocycles. The van der Waals surface area contributed by atoms with Crippen molar-refractivity contribution in [2.45, 2.75) is 111 Å². The van der Waals surface area contributed by atoms with E-state index in [1.807, 2.05) is 6.92 Å². The normalized spacial score (nSPS) is 21.0. The van der Waals surface area contributed by atoms with Gasteiger partial charge in [-0.2, -0.15) is 0 Å². The number of amides is 4. The van der Waals surface area contributed by atoms with E-state index in [2.05, 4.69) is 10.6 Å². The van der Waals surface area contributed by atoms with Gasteiger partial charge in [0.25, 0.3) is 0 Å². The van der Waals surface area contributed by atoms with Gasteiger partial charge >= 0.3 is 12.2 Å². The summed E-state index contributed by atoms with van der Waals surface area (Å²) in [6, 6.07) is 3.97. The van der Waals surface area contributed by atoms with Gasteiger partial charge in [-0.25, -0.2) is 9.59 Å². The first kappa shape index (κ1) is 32.5. The van der Waals surface area contributed by atoms with E-state index in [1.165, 1.54) is 4.90 Å². The third kappa shape index (κ3) is 8.99. The zero-order valence-electron chi connectivity index (χ0n) is 25.3. The number of carbonyl (C=O) groups excluding carboxylic acids is 4. The van der Waals surface area contributed by atoms with Crippen molar-refractivity contribution in [2.75, 3.05) is 13.1 Å². The molecule has 228 valence electrons. The zero-order valence-corrected chi connectivity index (χ0v) is 26.1. The van der Waals surface area contributed by atoms with Crippen molar-refractivity contribution in [1.29, 1.82) is 0 Å². The molecule has 0 aliphatic carbocycles. The summed E-state index contributed by atoms with van der Waals surface area (Å²) in [6.07, 6.45) is 1.65. The van der Waals surface area contributed by atoms with Crippen LogP contribution in [0.2, 0.25) is 5.02 Å². The maximum Gasteiger partial charge on any atom is 0.410 e. The van der Waals surface area contributed by atoms with E-state index in [-0.39, 0.29) is 30.8 Å². The van der Waals surface area contributed by atoms with E-state index in [0.717, 1.165) is 17.5 Å². The number of rotatable bonds is 7. The van der Waals surface area contributed by atoms with Crippen LogP contribution in [0, 0.1) is 5.92 Å². The molecule has 2 saturated heterocycles. The summed E-state index contributed by atoms with van der Waals surface area (Å²) in [5, 5.41) is 6.20. The first-order valence-corrected chi connectivity index (χ1v) is 14.8. The Bertz CT molecular complexity index is 1130. The number of alkyl carbamates (subject to hydrolysis) is 1. The van der Waals surface area contributed by atoms with E-state index < -0.39 is 35.5 Å². The van der Waals surface area contributed by atoms with Gasteiger partial charge < -0.3 is 25.0 Å². The van der Waals surface area contributed by atoms with E-state index in [0.29, 0.717) is 37.4 Å². The SMILES string of the molecule is CCC1CCN(C(=O)OC(C)(C)C)C1C(=O)N1CCC[C@H]1C(=O)NCc1cc(Cl)ccc1CNC(=O)OC(C)(C)C. The second-order valence-corrected chi connectivity index (χ2v) is 13.2. The number of benzene rings is 1. The van der Waals surface area contributed by atoms with Gasteiger partial charge in [-0.1, -0.05) is 31.0 Å². The van der Waals surface area contributed by atoms with Gasteiger partial charge in [0.05, 0.1) is 0 Å². The minimum Gasteiger partial charge on any atom is -0.444 e. The number of halogens is 1. The average Bonchev–Trinajstić information content (AvgIpc) is 3.52. The third-order valence-corrected chi connectivity index (χ3v) is 7.45. The van der Waals surface area contributed by atoms with Crippen LogP contribution >= 0.6 is 11.6 Å². The molecule has 10 nitrogen and oxygen atoms in total. The van der Waals surface area contributed by atoms with Crippen LogP contribution in [0.4, 0.5) is 9.59 Å². The second kappa shape index (κ2) is 13.3. The fraction of sp³-hybridized carbons (Fsp3) is 0.667. The fourth-order valence-electron chi connectivity index (χ4n) is 5.33. The quantitative estimate of drug-likeness (QED) is 0.460. The Hall–Kier alpha value is -3.01. The molecule has 11 heteroatoms. The van der Waals surface area contributed by atoms with E-state index in [1.54, 1.807) is 64.6 Å².